The van der Waals surface area contributed by atoms with Gasteiger partial charge in [0.05, 0.1) is 34.8 Å². The van der Waals surface area contributed by atoms with Crippen LogP contribution in [0.1, 0.15) is 31.9 Å². The standard InChI is InChI=1S/C28H30Cl2N6O3/c1-16(26-20(29)11-31-12-21(26)30)39-24-8-19-22(9-23(24)37-3)34-35-27(19)17-4-5-25(32-10-17)36-14-28(2,15-36)33-18-6-7-38-13-18/h4-5,8-12,16,18,33H,6-7,13-15H2,1-3H3,(H,34,35)/t16-,18-/m1/s1. The molecule has 2 aliphatic rings. The number of fused-ring (bicyclic) bond motifs is 1. The first-order valence-corrected chi connectivity index (χ1v) is 13.7. The summed E-state index contributed by atoms with van der Waals surface area (Å²) in [5.74, 6) is 2.07. The second-order valence-corrected chi connectivity index (χ2v) is 11.2. The Hall–Kier alpha value is -3.11. The second kappa shape index (κ2) is 10.5. The van der Waals surface area contributed by atoms with Crippen LogP contribution in [0.5, 0.6) is 11.5 Å². The molecule has 4 aromatic rings. The van der Waals surface area contributed by atoms with Crippen LogP contribution in [-0.4, -0.2) is 65.2 Å². The molecule has 2 aliphatic heterocycles. The van der Waals surface area contributed by atoms with E-state index >= 15 is 0 Å². The molecule has 0 amide bonds. The molecule has 2 atom stereocenters. The fourth-order valence-electron chi connectivity index (χ4n) is 5.46. The summed E-state index contributed by atoms with van der Waals surface area (Å²) in [7, 11) is 1.60. The number of aromatic nitrogens is 4. The Morgan fingerprint density at radius 3 is 2.62 bits per heavy atom. The van der Waals surface area contributed by atoms with E-state index in [0.717, 1.165) is 60.7 Å². The van der Waals surface area contributed by atoms with Crippen molar-refractivity contribution in [2.45, 2.75) is 38.0 Å². The minimum atomic E-state index is -0.437. The first-order chi connectivity index (χ1) is 18.8. The van der Waals surface area contributed by atoms with Gasteiger partial charge in [-0.05, 0) is 38.5 Å². The van der Waals surface area contributed by atoms with Gasteiger partial charge in [0.2, 0.25) is 0 Å². The third-order valence-electron chi connectivity index (χ3n) is 7.35. The topological polar surface area (TPSA) is 97.4 Å². The summed E-state index contributed by atoms with van der Waals surface area (Å²) in [5, 5.41) is 13.2. The molecule has 0 radical (unpaired) electrons. The van der Waals surface area contributed by atoms with Crippen LogP contribution in [-0.2, 0) is 4.74 Å². The lowest BCUT2D eigenvalue weighted by atomic mass is 9.91. The number of nitrogens with zero attached hydrogens (tertiary/aromatic N) is 4. The van der Waals surface area contributed by atoms with E-state index in [1.165, 1.54) is 0 Å². The lowest BCUT2D eigenvalue weighted by molar-refractivity contribution is 0.175. The van der Waals surface area contributed by atoms with Crippen LogP contribution in [0, 0.1) is 0 Å². The molecule has 2 saturated heterocycles. The molecule has 3 aromatic heterocycles. The van der Waals surface area contributed by atoms with Crippen LogP contribution in [0.3, 0.4) is 0 Å². The Bertz CT molecular complexity index is 1460. The van der Waals surface area contributed by atoms with Gasteiger partial charge in [-0.25, -0.2) is 4.98 Å². The highest BCUT2D eigenvalue weighted by molar-refractivity contribution is 6.35. The summed E-state index contributed by atoms with van der Waals surface area (Å²) >= 11 is 12.7. The third kappa shape index (κ3) is 5.12. The Morgan fingerprint density at radius 2 is 1.95 bits per heavy atom. The minimum absolute atomic E-state index is 0.0778. The van der Waals surface area contributed by atoms with Gasteiger partial charge in [0.15, 0.2) is 11.5 Å². The largest absolute Gasteiger partial charge is 0.493 e. The lowest BCUT2D eigenvalue weighted by Crippen LogP contribution is -2.69. The first-order valence-electron chi connectivity index (χ1n) is 12.9. The Labute approximate surface area is 236 Å². The highest BCUT2D eigenvalue weighted by atomic mass is 35.5. The van der Waals surface area contributed by atoms with Gasteiger partial charge in [-0.1, -0.05) is 23.2 Å². The molecule has 5 heterocycles. The Balaban J connectivity index is 1.22. The fraction of sp³-hybridized carbons (Fsp3) is 0.393. The van der Waals surface area contributed by atoms with Crippen molar-refractivity contribution in [2.24, 2.45) is 0 Å². The number of nitrogens with one attached hydrogen (secondary N) is 2. The Kier molecular flexibility index (Phi) is 7.01. The molecule has 0 bridgehead atoms. The number of methoxy groups -OCH3 is 1. The molecule has 9 nitrogen and oxygen atoms in total. The number of rotatable bonds is 8. The monoisotopic (exact) mass is 568 g/mol. The first kappa shape index (κ1) is 26.1. The molecule has 0 unspecified atom stereocenters. The molecule has 0 saturated carbocycles. The highest BCUT2D eigenvalue weighted by Crippen LogP contribution is 2.40. The second-order valence-electron chi connectivity index (χ2n) is 10.4. The summed E-state index contributed by atoms with van der Waals surface area (Å²) in [6.45, 7) is 7.60. The van der Waals surface area contributed by atoms with Gasteiger partial charge in [-0.3, -0.25) is 10.1 Å². The number of aromatic amines is 1. The van der Waals surface area contributed by atoms with E-state index < -0.39 is 6.10 Å². The van der Waals surface area contributed by atoms with Crippen molar-refractivity contribution in [3.05, 3.63) is 58.5 Å². The van der Waals surface area contributed by atoms with Gasteiger partial charge in [0.25, 0.3) is 0 Å². The van der Waals surface area contributed by atoms with Gasteiger partial charge in [-0.2, -0.15) is 5.10 Å². The van der Waals surface area contributed by atoms with Crippen LogP contribution in [0.2, 0.25) is 10.0 Å². The third-order valence-corrected chi connectivity index (χ3v) is 7.96. The molecule has 0 aliphatic carbocycles. The molecule has 0 spiro atoms. The van der Waals surface area contributed by atoms with Gasteiger partial charge >= 0.3 is 0 Å². The van der Waals surface area contributed by atoms with E-state index in [2.05, 4.69) is 38.4 Å². The van der Waals surface area contributed by atoms with E-state index in [1.54, 1.807) is 19.5 Å². The van der Waals surface area contributed by atoms with E-state index in [1.807, 2.05) is 31.3 Å². The number of hydrogen-bond donors (Lipinski definition) is 2. The number of H-pyrrole nitrogens is 1. The normalized spacial score (nSPS) is 19.2. The summed E-state index contributed by atoms with van der Waals surface area (Å²) in [5.41, 5.74) is 3.25. The maximum absolute atomic E-state index is 6.36. The number of hydrogen-bond acceptors (Lipinski definition) is 8. The minimum Gasteiger partial charge on any atom is -0.493 e. The van der Waals surface area contributed by atoms with Gasteiger partial charge in [0, 0.05) is 66.9 Å². The van der Waals surface area contributed by atoms with Crippen LogP contribution in [0.4, 0.5) is 5.82 Å². The zero-order chi connectivity index (χ0) is 27.1. The van der Waals surface area contributed by atoms with E-state index in [-0.39, 0.29) is 5.54 Å². The van der Waals surface area contributed by atoms with Crippen molar-refractivity contribution in [1.29, 1.82) is 0 Å². The zero-order valence-corrected chi connectivity index (χ0v) is 23.5. The highest BCUT2D eigenvalue weighted by Gasteiger charge is 2.41. The van der Waals surface area contributed by atoms with Crippen molar-refractivity contribution >= 4 is 39.9 Å². The molecule has 11 heteroatoms. The quantitative estimate of drug-likeness (QED) is 0.290. The number of anilines is 1. The van der Waals surface area contributed by atoms with Crippen molar-refractivity contribution in [3.63, 3.8) is 0 Å². The maximum Gasteiger partial charge on any atom is 0.162 e. The maximum atomic E-state index is 6.36. The average molecular weight is 569 g/mol. The summed E-state index contributed by atoms with van der Waals surface area (Å²) in [6, 6.07) is 8.32. The molecular formula is C28H30Cl2N6O3. The summed E-state index contributed by atoms with van der Waals surface area (Å²) < 4.78 is 17.4. The van der Waals surface area contributed by atoms with Gasteiger partial charge in [0.1, 0.15) is 17.6 Å². The molecule has 2 fully saturated rings. The predicted molar refractivity (Wildman–Crippen MR) is 152 cm³/mol. The molecule has 1 aromatic carbocycles. The zero-order valence-electron chi connectivity index (χ0n) is 22.0. The van der Waals surface area contributed by atoms with Crippen LogP contribution < -0.4 is 19.7 Å². The lowest BCUT2D eigenvalue weighted by Gasteiger charge is -2.50. The van der Waals surface area contributed by atoms with Crippen molar-refractivity contribution in [1.82, 2.24) is 25.5 Å². The number of benzene rings is 1. The Morgan fingerprint density at radius 1 is 1.15 bits per heavy atom. The van der Waals surface area contributed by atoms with Gasteiger partial charge < -0.3 is 24.4 Å². The molecule has 39 heavy (non-hydrogen) atoms. The van der Waals surface area contributed by atoms with Gasteiger partial charge in [-0.15, -0.1) is 0 Å². The van der Waals surface area contributed by atoms with Crippen LogP contribution >= 0.6 is 23.2 Å². The van der Waals surface area contributed by atoms with Crippen LogP contribution in [0.15, 0.2) is 42.9 Å². The van der Waals surface area contributed by atoms with Crippen molar-refractivity contribution in [2.75, 3.05) is 38.3 Å². The summed E-state index contributed by atoms with van der Waals surface area (Å²) in [6.07, 6.45) is 5.60. The van der Waals surface area contributed by atoms with Crippen molar-refractivity contribution < 1.29 is 14.2 Å². The average Bonchev–Trinajstić information content (AvgIpc) is 3.56. The molecule has 2 N–H and O–H groups in total. The molecule has 204 valence electrons. The summed E-state index contributed by atoms with van der Waals surface area (Å²) in [4.78, 5) is 11.1. The molecular weight excluding hydrogens is 539 g/mol. The number of pyridine rings is 2. The number of halogens is 2. The van der Waals surface area contributed by atoms with E-state index in [4.69, 9.17) is 42.4 Å². The van der Waals surface area contributed by atoms with Crippen molar-refractivity contribution in [3.8, 4) is 22.8 Å². The SMILES string of the molecule is COc1cc2[nH]nc(-c3ccc(N4CC(C)(N[C@@H]5CCOC5)C4)nc3)c2cc1O[C@H](C)c1c(Cl)cncc1Cl. The smallest absolute Gasteiger partial charge is 0.162 e. The predicted octanol–water partition coefficient (Wildman–Crippen LogP) is 5.43. The van der Waals surface area contributed by atoms with E-state index in [9.17, 15) is 0 Å². The van der Waals surface area contributed by atoms with Crippen LogP contribution in [0.25, 0.3) is 22.2 Å². The fourth-order valence-corrected chi connectivity index (χ4v) is 6.13. The van der Waals surface area contributed by atoms with E-state index in [0.29, 0.717) is 33.1 Å². The molecule has 6 rings (SSSR count). The number of ether oxygens (including phenoxy) is 3.